The van der Waals surface area contributed by atoms with E-state index in [0.29, 0.717) is 43.9 Å². The topological polar surface area (TPSA) is 59.9 Å². The molecule has 0 bridgehead atoms. The average molecular weight is 423 g/mol. The Morgan fingerprint density at radius 1 is 1.22 bits per heavy atom. The van der Waals surface area contributed by atoms with Gasteiger partial charge in [0.1, 0.15) is 0 Å². The first-order chi connectivity index (χ1) is 13.0. The lowest BCUT2D eigenvalue weighted by Gasteiger charge is -2.12. The number of carbonyl (C=O) groups is 1. The highest BCUT2D eigenvalue weighted by atomic mass is 35.5. The molecule has 2 aromatic rings. The lowest BCUT2D eigenvalue weighted by molar-refractivity contribution is -0.115. The summed E-state index contributed by atoms with van der Waals surface area (Å²) < 4.78 is 10.8. The molecular weight excluding hydrogens is 407 g/mol. The van der Waals surface area contributed by atoms with Crippen molar-refractivity contribution in [3.05, 3.63) is 56.9 Å². The average Bonchev–Trinajstić information content (AvgIpc) is 2.98. The second kappa shape index (κ2) is 8.69. The molecule has 140 valence electrons. The Balaban J connectivity index is 1.86. The van der Waals surface area contributed by atoms with Crippen LogP contribution in [-0.4, -0.2) is 24.8 Å². The number of aliphatic imine (C=N–C) groups is 1. The minimum absolute atomic E-state index is 0.225. The predicted octanol–water partition coefficient (Wildman–Crippen LogP) is 5.29. The van der Waals surface area contributed by atoms with Crippen molar-refractivity contribution in [1.29, 1.82) is 0 Å². The Labute approximate surface area is 171 Å². The van der Waals surface area contributed by atoms with Crippen LogP contribution in [0.15, 0.2) is 46.3 Å². The van der Waals surface area contributed by atoms with Crippen LogP contribution in [0.2, 0.25) is 10.0 Å². The van der Waals surface area contributed by atoms with Crippen LogP contribution in [0.25, 0.3) is 6.08 Å². The molecule has 1 aliphatic rings. The van der Waals surface area contributed by atoms with Gasteiger partial charge in [0.05, 0.1) is 29.3 Å². The Morgan fingerprint density at radius 2 is 1.96 bits per heavy atom. The maximum atomic E-state index is 12.3. The zero-order valence-electron chi connectivity index (χ0n) is 14.6. The number of amides is 1. The van der Waals surface area contributed by atoms with E-state index in [9.17, 15) is 4.79 Å². The maximum absolute atomic E-state index is 12.3. The van der Waals surface area contributed by atoms with E-state index in [1.165, 1.54) is 11.8 Å². The SMILES string of the molecule is CCOc1c(Cl)cc(/C=C2\SC(=Nc3ccc(Cl)cc3)NC2=O)cc1OC. The molecular formula is C19H16Cl2N2O3S. The fraction of sp³-hybridized carbons (Fsp3) is 0.158. The Kier molecular flexibility index (Phi) is 6.31. The van der Waals surface area contributed by atoms with Crippen LogP contribution in [0.4, 0.5) is 5.69 Å². The van der Waals surface area contributed by atoms with Crippen molar-refractivity contribution >= 4 is 57.8 Å². The zero-order chi connectivity index (χ0) is 19.4. The third-order valence-electron chi connectivity index (χ3n) is 3.55. The molecule has 0 saturated carbocycles. The summed E-state index contributed by atoms with van der Waals surface area (Å²) in [6, 6.07) is 10.5. The molecule has 5 nitrogen and oxygen atoms in total. The van der Waals surface area contributed by atoms with Crippen LogP contribution in [0.3, 0.4) is 0 Å². The number of carbonyl (C=O) groups excluding carboxylic acids is 1. The van der Waals surface area contributed by atoms with Gasteiger partial charge in [-0.15, -0.1) is 0 Å². The molecule has 1 fully saturated rings. The summed E-state index contributed by atoms with van der Waals surface area (Å²) in [5.41, 5.74) is 1.43. The molecule has 0 spiro atoms. The van der Waals surface area contributed by atoms with Crippen molar-refractivity contribution in [2.75, 3.05) is 13.7 Å². The van der Waals surface area contributed by atoms with E-state index in [0.717, 1.165) is 5.56 Å². The first-order valence-corrected chi connectivity index (χ1v) is 9.63. The van der Waals surface area contributed by atoms with E-state index in [1.807, 2.05) is 6.92 Å². The van der Waals surface area contributed by atoms with E-state index >= 15 is 0 Å². The molecule has 1 heterocycles. The lowest BCUT2D eigenvalue weighted by Crippen LogP contribution is -2.19. The molecule has 2 aromatic carbocycles. The van der Waals surface area contributed by atoms with Gasteiger partial charge in [0, 0.05) is 5.02 Å². The number of nitrogens with zero attached hydrogens (tertiary/aromatic N) is 1. The number of benzene rings is 2. The van der Waals surface area contributed by atoms with Crippen molar-refractivity contribution < 1.29 is 14.3 Å². The van der Waals surface area contributed by atoms with E-state index in [-0.39, 0.29) is 5.91 Å². The minimum atomic E-state index is -0.225. The number of halogens is 2. The molecule has 8 heteroatoms. The quantitative estimate of drug-likeness (QED) is 0.664. The first-order valence-electron chi connectivity index (χ1n) is 8.05. The molecule has 1 N–H and O–H groups in total. The summed E-state index contributed by atoms with van der Waals surface area (Å²) in [6.07, 6.45) is 1.73. The fourth-order valence-corrected chi connectivity index (χ4v) is 3.61. The number of rotatable bonds is 5. The zero-order valence-corrected chi connectivity index (χ0v) is 16.9. The normalized spacial score (nSPS) is 16.7. The van der Waals surface area contributed by atoms with Gasteiger partial charge < -0.3 is 14.8 Å². The van der Waals surface area contributed by atoms with Crippen LogP contribution in [0.1, 0.15) is 12.5 Å². The summed E-state index contributed by atoms with van der Waals surface area (Å²) in [5, 5.41) is 4.29. The molecule has 27 heavy (non-hydrogen) atoms. The number of methoxy groups -OCH3 is 1. The van der Waals surface area contributed by atoms with Crippen LogP contribution in [-0.2, 0) is 4.79 Å². The third kappa shape index (κ3) is 4.77. The summed E-state index contributed by atoms with van der Waals surface area (Å²) in [7, 11) is 1.54. The van der Waals surface area contributed by atoms with Gasteiger partial charge in [-0.2, -0.15) is 0 Å². The molecule has 3 rings (SSSR count). The number of hydrogen-bond donors (Lipinski definition) is 1. The summed E-state index contributed by atoms with van der Waals surface area (Å²) in [5.74, 6) is 0.767. The number of ether oxygens (including phenoxy) is 2. The molecule has 1 aliphatic heterocycles. The smallest absolute Gasteiger partial charge is 0.264 e. The van der Waals surface area contributed by atoms with Gasteiger partial charge in [-0.1, -0.05) is 23.2 Å². The predicted molar refractivity (Wildman–Crippen MR) is 111 cm³/mol. The van der Waals surface area contributed by atoms with Crippen molar-refractivity contribution in [2.24, 2.45) is 4.99 Å². The molecule has 0 aromatic heterocycles. The van der Waals surface area contributed by atoms with Gasteiger partial charge in [0.25, 0.3) is 5.91 Å². The molecule has 0 unspecified atom stereocenters. The van der Waals surface area contributed by atoms with Crippen molar-refractivity contribution in [3.63, 3.8) is 0 Å². The van der Waals surface area contributed by atoms with Gasteiger partial charge in [-0.25, -0.2) is 4.99 Å². The second-order valence-corrected chi connectivity index (χ2v) is 7.30. The molecule has 1 amide bonds. The van der Waals surface area contributed by atoms with E-state index < -0.39 is 0 Å². The Morgan fingerprint density at radius 3 is 2.63 bits per heavy atom. The van der Waals surface area contributed by atoms with E-state index in [1.54, 1.807) is 49.6 Å². The van der Waals surface area contributed by atoms with Crippen molar-refractivity contribution in [3.8, 4) is 11.5 Å². The van der Waals surface area contributed by atoms with Crippen molar-refractivity contribution in [1.82, 2.24) is 5.32 Å². The molecule has 0 atom stereocenters. The summed E-state index contributed by atoms with van der Waals surface area (Å²) in [4.78, 5) is 17.2. The van der Waals surface area contributed by atoms with Crippen LogP contribution in [0, 0.1) is 0 Å². The van der Waals surface area contributed by atoms with Crippen LogP contribution >= 0.6 is 35.0 Å². The number of nitrogens with one attached hydrogen (secondary N) is 1. The largest absolute Gasteiger partial charge is 0.493 e. The minimum Gasteiger partial charge on any atom is -0.493 e. The van der Waals surface area contributed by atoms with Gasteiger partial charge in [0.15, 0.2) is 16.7 Å². The highest BCUT2D eigenvalue weighted by molar-refractivity contribution is 8.18. The van der Waals surface area contributed by atoms with Crippen LogP contribution in [0.5, 0.6) is 11.5 Å². The van der Waals surface area contributed by atoms with Crippen LogP contribution < -0.4 is 14.8 Å². The third-order valence-corrected chi connectivity index (χ3v) is 4.99. The highest BCUT2D eigenvalue weighted by Gasteiger charge is 2.24. The van der Waals surface area contributed by atoms with Gasteiger partial charge in [-0.3, -0.25) is 4.79 Å². The molecule has 1 saturated heterocycles. The Hall–Kier alpha value is -2.15. The number of amidine groups is 1. The second-order valence-electron chi connectivity index (χ2n) is 5.43. The maximum Gasteiger partial charge on any atom is 0.264 e. The molecule has 0 aliphatic carbocycles. The molecule has 0 radical (unpaired) electrons. The fourth-order valence-electron chi connectivity index (χ4n) is 2.37. The summed E-state index contributed by atoms with van der Waals surface area (Å²) >= 11 is 13.4. The van der Waals surface area contributed by atoms with E-state index in [2.05, 4.69) is 10.3 Å². The van der Waals surface area contributed by atoms with E-state index in [4.69, 9.17) is 32.7 Å². The van der Waals surface area contributed by atoms with Gasteiger partial charge in [-0.05, 0) is 66.7 Å². The van der Waals surface area contributed by atoms with Gasteiger partial charge in [0.2, 0.25) is 0 Å². The standard InChI is InChI=1S/C19H16Cl2N2O3S/c1-3-26-17-14(21)8-11(9-15(17)25-2)10-16-18(24)23-19(27-16)22-13-6-4-12(20)5-7-13/h4-10H,3H2,1-2H3,(H,22,23,24)/b16-10-. The number of thioether (sulfide) groups is 1. The monoisotopic (exact) mass is 422 g/mol. The highest BCUT2D eigenvalue weighted by Crippen LogP contribution is 2.38. The first kappa shape index (κ1) is 19.6. The van der Waals surface area contributed by atoms with Crippen molar-refractivity contribution in [2.45, 2.75) is 6.92 Å². The van der Waals surface area contributed by atoms with Gasteiger partial charge >= 0.3 is 0 Å². The lowest BCUT2D eigenvalue weighted by atomic mass is 10.2. The Bertz CT molecular complexity index is 927. The number of hydrogen-bond acceptors (Lipinski definition) is 5. The summed E-state index contributed by atoms with van der Waals surface area (Å²) in [6.45, 7) is 2.34.